The van der Waals surface area contributed by atoms with Gasteiger partial charge in [-0.15, -0.1) is 0 Å². The van der Waals surface area contributed by atoms with E-state index in [-0.39, 0.29) is 5.97 Å². The average molecular weight is 285 g/mol. The van der Waals surface area contributed by atoms with Gasteiger partial charge in [-0.05, 0) is 62.8 Å². The molecule has 112 valence electrons. The lowest BCUT2D eigenvalue weighted by Gasteiger charge is -2.28. The Morgan fingerprint density at radius 3 is 2.48 bits per heavy atom. The molecule has 3 rings (SSSR count). The summed E-state index contributed by atoms with van der Waals surface area (Å²) in [4.78, 5) is 11.5. The monoisotopic (exact) mass is 285 g/mol. The van der Waals surface area contributed by atoms with Gasteiger partial charge in [-0.25, -0.2) is 4.79 Å². The second-order valence-corrected chi connectivity index (χ2v) is 5.99. The molecule has 1 saturated carbocycles. The number of allylic oxidation sites excluding steroid dienone is 1. The van der Waals surface area contributed by atoms with E-state index in [4.69, 9.17) is 4.74 Å². The van der Waals surface area contributed by atoms with Gasteiger partial charge in [0.1, 0.15) is 0 Å². The molecular weight excluding hydrogens is 262 g/mol. The van der Waals surface area contributed by atoms with Crippen molar-refractivity contribution in [1.82, 2.24) is 5.32 Å². The molecule has 3 nitrogen and oxygen atoms in total. The Balaban J connectivity index is 1.74. The van der Waals surface area contributed by atoms with Crippen molar-refractivity contribution in [3.8, 4) is 0 Å². The standard InChI is InChI=1S/C18H23NO2/c1-21-18(20)15-8-6-14(7-9-15)17-12-16(10-11-19-17)13-4-2-3-5-13/h6-9,17,19H,2-5,10-12H2,1H3/t17-/m0/s1. The molecule has 1 heterocycles. The second-order valence-electron chi connectivity index (χ2n) is 5.99. The summed E-state index contributed by atoms with van der Waals surface area (Å²) in [5.74, 6) is -0.271. The Kier molecular flexibility index (Phi) is 4.39. The van der Waals surface area contributed by atoms with Crippen LogP contribution in [0.5, 0.6) is 0 Å². The van der Waals surface area contributed by atoms with Gasteiger partial charge in [0.2, 0.25) is 0 Å². The zero-order chi connectivity index (χ0) is 14.7. The minimum absolute atomic E-state index is 0.271. The van der Waals surface area contributed by atoms with Crippen LogP contribution in [0.4, 0.5) is 0 Å². The summed E-state index contributed by atoms with van der Waals surface area (Å²) in [7, 11) is 1.42. The first-order chi connectivity index (χ1) is 10.3. The zero-order valence-corrected chi connectivity index (χ0v) is 12.7. The first-order valence-corrected chi connectivity index (χ1v) is 7.89. The van der Waals surface area contributed by atoms with Crippen LogP contribution in [0.15, 0.2) is 35.4 Å². The topological polar surface area (TPSA) is 38.3 Å². The van der Waals surface area contributed by atoms with Gasteiger partial charge in [-0.1, -0.05) is 23.3 Å². The molecule has 1 atom stereocenters. The third-order valence-electron chi connectivity index (χ3n) is 4.71. The second kappa shape index (κ2) is 6.44. The lowest BCUT2D eigenvalue weighted by Crippen LogP contribution is -2.28. The van der Waals surface area contributed by atoms with Gasteiger partial charge in [0, 0.05) is 6.04 Å². The predicted octanol–water partition coefficient (Wildman–Crippen LogP) is 3.77. The van der Waals surface area contributed by atoms with Gasteiger partial charge in [-0.3, -0.25) is 0 Å². The maximum Gasteiger partial charge on any atom is 0.337 e. The number of hydrogen-bond donors (Lipinski definition) is 1. The fourth-order valence-electron chi connectivity index (χ4n) is 3.50. The lowest BCUT2D eigenvalue weighted by molar-refractivity contribution is 0.0600. The molecule has 1 saturated heterocycles. The van der Waals surface area contributed by atoms with E-state index < -0.39 is 0 Å². The third kappa shape index (κ3) is 3.18. The highest BCUT2D eigenvalue weighted by atomic mass is 16.5. The van der Waals surface area contributed by atoms with Crippen LogP contribution >= 0.6 is 0 Å². The van der Waals surface area contributed by atoms with Crippen molar-refractivity contribution in [1.29, 1.82) is 0 Å². The smallest absolute Gasteiger partial charge is 0.337 e. The molecule has 0 aromatic heterocycles. The van der Waals surface area contributed by atoms with Crippen LogP contribution in [-0.2, 0) is 4.74 Å². The number of rotatable bonds is 2. The molecule has 3 heteroatoms. The number of piperidine rings is 1. The van der Waals surface area contributed by atoms with Crippen LogP contribution in [0.25, 0.3) is 0 Å². The molecule has 0 radical (unpaired) electrons. The van der Waals surface area contributed by atoms with E-state index in [0.29, 0.717) is 11.6 Å². The molecule has 2 aliphatic rings. The van der Waals surface area contributed by atoms with E-state index >= 15 is 0 Å². The highest BCUT2D eigenvalue weighted by Gasteiger charge is 2.22. The molecule has 0 amide bonds. The number of nitrogens with one attached hydrogen (secondary N) is 1. The lowest BCUT2D eigenvalue weighted by atomic mass is 9.89. The highest BCUT2D eigenvalue weighted by molar-refractivity contribution is 5.89. The Morgan fingerprint density at radius 2 is 1.81 bits per heavy atom. The number of carbonyl (C=O) groups excluding carboxylic acids is 1. The molecule has 0 spiro atoms. The van der Waals surface area contributed by atoms with E-state index in [2.05, 4.69) is 5.32 Å². The predicted molar refractivity (Wildman–Crippen MR) is 83.3 cm³/mol. The maximum atomic E-state index is 11.5. The first kappa shape index (κ1) is 14.3. The van der Waals surface area contributed by atoms with Gasteiger partial charge in [0.15, 0.2) is 0 Å². The first-order valence-electron chi connectivity index (χ1n) is 7.89. The van der Waals surface area contributed by atoms with Crippen molar-refractivity contribution >= 4 is 5.97 Å². The Bertz CT molecular complexity index is 537. The number of esters is 1. The average Bonchev–Trinajstić information content (AvgIpc) is 3.09. The van der Waals surface area contributed by atoms with Crippen LogP contribution < -0.4 is 5.32 Å². The van der Waals surface area contributed by atoms with Gasteiger partial charge < -0.3 is 10.1 Å². The van der Waals surface area contributed by atoms with Crippen molar-refractivity contribution in [3.05, 3.63) is 46.5 Å². The molecule has 1 aliphatic heterocycles. The van der Waals surface area contributed by atoms with Crippen molar-refractivity contribution in [2.75, 3.05) is 13.7 Å². The quantitative estimate of drug-likeness (QED) is 0.664. The normalized spacial score (nSPS) is 22.4. The van der Waals surface area contributed by atoms with Gasteiger partial charge >= 0.3 is 5.97 Å². The fourth-order valence-corrected chi connectivity index (χ4v) is 3.50. The van der Waals surface area contributed by atoms with E-state index in [9.17, 15) is 4.79 Å². The van der Waals surface area contributed by atoms with Crippen molar-refractivity contribution < 1.29 is 9.53 Å². The number of methoxy groups -OCH3 is 1. The Labute approximate surface area is 126 Å². The van der Waals surface area contributed by atoms with Crippen molar-refractivity contribution in [3.63, 3.8) is 0 Å². The molecule has 1 aromatic carbocycles. The van der Waals surface area contributed by atoms with Crippen LogP contribution in [0.1, 0.15) is 60.5 Å². The Morgan fingerprint density at radius 1 is 1.10 bits per heavy atom. The summed E-state index contributed by atoms with van der Waals surface area (Å²) >= 11 is 0. The van der Waals surface area contributed by atoms with Gasteiger partial charge in [0.25, 0.3) is 0 Å². The number of benzene rings is 1. The third-order valence-corrected chi connectivity index (χ3v) is 4.71. The highest BCUT2D eigenvalue weighted by Crippen LogP contribution is 2.35. The maximum absolute atomic E-state index is 11.5. The summed E-state index contributed by atoms with van der Waals surface area (Å²) in [5.41, 5.74) is 5.27. The molecule has 0 unspecified atom stereocenters. The summed E-state index contributed by atoms with van der Waals surface area (Å²) in [5, 5.41) is 3.60. The van der Waals surface area contributed by atoms with Gasteiger partial charge in [0.05, 0.1) is 12.7 Å². The molecular formula is C18H23NO2. The van der Waals surface area contributed by atoms with Crippen molar-refractivity contribution in [2.45, 2.75) is 44.6 Å². The van der Waals surface area contributed by atoms with Crippen molar-refractivity contribution in [2.24, 2.45) is 0 Å². The van der Waals surface area contributed by atoms with Crippen LogP contribution in [-0.4, -0.2) is 19.6 Å². The Hall–Kier alpha value is -1.61. The number of ether oxygens (including phenoxy) is 1. The molecule has 2 fully saturated rings. The number of hydrogen-bond acceptors (Lipinski definition) is 3. The van der Waals surface area contributed by atoms with Gasteiger partial charge in [-0.2, -0.15) is 0 Å². The molecule has 1 aromatic rings. The summed E-state index contributed by atoms with van der Waals surface area (Å²) < 4.78 is 4.74. The van der Waals surface area contributed by atoms with Crippen LogP contribution in [0.2, 0.25) is 0 Å². The van der Waals surface area contributed by atoms with E-state index in [1.165, 1.54) is 44.8 Å². The molecule has 1 N–H and O–H groups in total. The molecule has 0 bridgehead atoms. The molecule has 21 heavy (non-hydrogen) atoms. The van der Waals surface area contributed by atoms with Crippen LogP contribution in [0.3, 0.4) is 0 Å². The van der Waals surface area contributed by atoms with E-state index in [1.807, 2.05) is 24.3 Å². The van der Waals surface area contributed by atoms with E-state index in [0.717, 1.165) is 13.0 Å². The minimum Gasteiger partial charge on any atom is -0.465 e. The largest absolute Gasteiger partial charge is 0.465 e. The summed E-state index contributed by atoms with van der Waals surface area (Å²) in [6.07, 6.45) is 7.67. The minimum atomic E-state index is -0.271. The SMILES string of the molecule is COC(=O)c1ccc([C@@H]2CC(=C3CCCC3)CCN2)cc1. The summed E-state index contributed by atoms with van der Waals surface area (Å²) in [6.45, 7) is 1.06. The zero-order valence-electron chi connectivity index (χ0n) is 12.7. The molecule has 1 aliphatic carbocycles. The number of carbonyl (C=O) groups is 1. The van der Waals surface area contributed by atoms with Crippen LogP contribution in [0, 0.1) is 0 Å². The van der Waals surface area contributed by atoms with E-state index in [1.54, 1.807) is 11.1 Å². The fraction of sp³-hybridized carbons (Fsp3) is 0.500. The summed E-state index contributed by atoms with van der Waals surface area (Å²) in [6, 6.07) is 8.20.